The number of rotatable bonds is 6. The Morgan fingerprint density at radius 1 is 1.53 bits per heavy atom. The zero-order valence-electron chi connectivity index (χ0n) is 9.92. The van der Waals surface area contributed by atoms with Crippen LogP contribution in [0.2, 0.25) is 5.02 Å². The minimum Gasteiger partial charge on any atom is -0.326 e. The molecule has 3 nitrogen and oxygen atoms in total. The van der Waals surface area contributed by atoms with Gasteiger partial charge in [0.05, 0.1) is 0 Å². The maximum absolute atomic E-state index is 11.6. The molecule has 1 rings (SSSR count). The van der Waals surface area contributed by atoms with E-state index in [2.05, 4.69) is 17.2 Å². The largest absolute Gasteiger partial charge is 0.326 e. The van der Waals surface area contributed by atoms with Crippen molar-refractivity contribution in [2.24, 2.45) is 0 Å². The van der Waals surface area contributed by atoms with Crippen LogP contribution in [0.1, 0.15) is 12.0 Å². The van der Waals surface area contributed by atoms with Crippen LogP contribution in [0.25, 0.3) is 0 Å². The molecule has 0 aromatic heterocycles. The number of aryl methyl sites for hydroxylation is 1. The van der Waals surface area contributed by atoms with Gasteiger partial charge >= 0.3 is 0 Å². The summed E-state index contributed by atoms with van der Waals surface area (Å²) in [6, 6.07) is 5.44. The van der Waals surface area contributed by atoms with E-state index in [1.165, 1.54) is 0 Å². The Hall–Kier alpha value is -1.32. The van der Waals surface area contributed by atoms with Crippen LogP contribution in [-0.2, 0) is 4.79 Å². The maximum atomic E-state index is 11.6. The number of hydrogen-bond donors (Lipinski definition) is 2. The molecule has 0 aliphatic heterocycles. The van der Waals surface area contributed by atoms with Crippen LogP contribution in [-0.4, -0.2) is 19.0 Å². The number of amides is 1. The average molecular weight is 253 g/mol. The summed E-state index contributed by atoms with van der Waals surface area (Å²) in [5.74, 6) is -0.0214. The summed E-state index contributed by atoms with van der Waals surface area (Å²) in [5.41, 5.74) is 1.77. The molecule has 0 fully saturated rings. The molecule has 0 bridgehead atoms. The first-order chi connectivity index (χ1) is 8.13. The van der Waals surface area contributed by atoms with E-state index >= 15 is 0 Å². The van der Waals surface area contributed by atoms with Gasteiger partial charge in [0.15, 0.2) is 0 Å². The monoisotopic (exact) mass is 252 g/mol. The molecule has 0 spiro atoms. The van der Waals surface area contributed by atoms with E-state index in [1.807, 2.05) is 13.0 Å². The minimum absolute atomic E-state index is 0.0214. The second-order valence-corrected chi connectivity index (χ2v) is 4.19. The van der Waals surface area contributed by atoms with Crippen LogP contribution < -0.4 is 10.6 Å². The van der Waals surface area contributed by atoms with E-state index in [0.29, 0.717) is 24.5 Å². The first-order valence-electron chi connectivity index (χ1n) is 5.51. The van der Waals surface area contributed by atoms with Crippen molar-refractivity contribution in [2.75, 3.05) is 18.4 Å². The Kier molecular flexibility index (Phi) is 5.73. The number of carbonyl (C=O) groups is 1. The number of nitrogens with one attached hydrogen (secondary N) is 2. The number of benzene rings is 1. The molecule has 1 aromatic carbocycles. The summed E-state index contributed by atoms with van der Waals surface area (Å²) in [7, 11) is 0. The molecule has 0 radical (unpaired) electrons. The third kappa shape index (κ3) is 5.02. The van der Waals surface area contributed by atoms with E-state index in [4.69, 9.17) is 11.6 Å². The predicted octanol–water partition coefficient (Wildman–Crippen LogP) is 2.75. The van der Waals surface area contributed by atoms with Crippen molar-refractivity contribution < 1.29 is 4.79 Å². The van der Waals surface area contributed by atoms with Crippen LogP contribution in [0.4, 0.5) is 5.69 Å². The van der Waals surface area contributed by atoms with E-state index in [0.717, 1.165) is 11.3 Å². The second kappa shape index (κ2) is 7.09. The van der Waals surface area contributed by atoms with Gasteiger partial charge in [0.2, 0.25) is 5.91 Å². The molecule has 4 heteroatoms. The summed E-state index contributed by atoms with van der Waals surface area (Å²) in [6.07, 6.45) is 2.19. The standard InChI is InChI=1S/C13H17ClN2O/c1-3-7-15-8-6-13(17)16-12-9-11(14)5-4-10(12)2/h3-5,9,15H,1,6-8H2,2H3,(H,16,17). The molecule has 0 aliphatic carbocycles. The van der Waals surface area contributed by atoms with Crippen molar-refractivity contribution in [1.82, 2.24) is 5.32 Å². The molecule has 0 heterocycles. The van der Waals surface area contributed by atoms with Crippen LogP contribution in [0.5, 0.6) is 0 Å². The molecule has 2 N–H and O–H groups in total. The number of carbonyl (C=O) groups excluding carboxylic acids is 1. The number of hydrogen-bond acceptors (Lipinski definition) is 2. The van der Waals surface area contributed by atoms with Crippen molar-refractivity contribution in [3.63, 3.8) is 0 Å². The summed E-state index contributed by atoms with van der Waals surface area (Å²) in [5, 5.41) is 6.53. The molecule has 92 valence electrons. The summed E-state index contributed by atoms with van der Waals surface area (Å²) < 4.78 is 0. The van der Waals surface area contributed by atoms with Gasteiger partial charge in [0.25, 0.3) is 0 Å². The highest BCUT2D eigenvalue weighted by Crippen LogP contribution is 2.20. The lowest BCUT2D eigenvalue weighted by Gasteiger charge is -2.08. The minimum atomic E-state index is -0.0214. The van der Waals surface area contributed by atoms with Gasteiger partial charge < -0.3 is 10.6 Å². The molecule has 0 aliphatic rings. The lowest BCUT2D eigenvalue weighted by Crippen LogP contribution is -2.22. The topological polar surface area (TPSA) is 41.1 Å². The van der Waals surface area contributed by atoms with E-state index in [-0.39, 0.29) is 5.91 Å². The zero-order chi connectivity index (χ0) is 12.7. The normalized spacial score (nSPS) is 10.0. The quantitative estimate of drug-likeness (QED) is 0.604. The Labute approximate surface area is 107 Å². The van der Waals surface area contributed by atoms with Crippen LogP contribution in [0.15, 0.2) is 30.9 Å². The van der Waals surface area contributed by atoms with Gasteiger partial charge in [-0.1, -0.05) is 23.7 Å². The first kappa shape index (κ1) is 13.7. The van der Waals surface area contributed by atoms with Gasteiger partial charge in [0, 0.05) is 30.2 Å². The highest BCUT2D eigenvalue weighted by molar-refractivity contribution is 6.31. The fourth-order valence-corrected chi connectivity index (χ4v) is 1.52. The number of halogens is 1. The second-order valence-electron chi connectivity index (χ2n) is 3.75. The fourth-order valence-electron chi connectivity index (χ4n) is 1.35. The predicted molar refractivity (Wildman–Crippen MR) is 72.5 cm³/mol. The van der Waals surface area contributed by atoms with Crippen LogP contribution >= 0.6 is 11.6 Å². The van der Waals surface area contributed by atoms with E-state index < -0.39 is 0 Å². The number of anilines is 1. The molecule has 1 aromatic rings. The third-order valence-corrected chi connectivity index (χ3v) is 2.53. The first-order valence-corrected chi connectivity index (χ1v) is 5.89. The van der Waals surface area contributed by atoms with Crippen LogP contribution in [0.3, 0.4) is 0 Å². The van der Waals surface area contributed by atoms with Gasteiger partial charge in [-0.15, -0.1) is 6.58 Å². The highest BCUT2D eigenvalue weighted by atomic mass is 35.5. The maximum Gasteiger partial charge on any atom is 0.225 e. The van der Waals surface area contributed by atoms with E-state index in [9.17, 15) is 4.79 Å². The van der Waals surface area contributed by atoms with Gasteiger partial charge in [-0.3, -0.25) is 4.79 Å². The lowest BCUT2D eigenvalue weighted by atomic mass is 10.2. The van der Waals surface area contributed by atoms with Crippen molar-refractivity contribution >= 4 is 23.2 Å². The van der Waals surface area contributed by atoms with Gasteiger partial charge in [-0.2, -0.15) is 0 Å². The average Bonchev–Trinajstić information content (AvgIpc) is 2.29. The van der Waals surface area contributed by atoms with Gasteiger partial charge in [-0.05, 0) is 24.6 Å². The molecule has 0 saturated heterocycles. The molecular weight excluding hydrogens is 236 g/mol. The molecule has 1 amide bonds. The lowest BCUT2D eigenvalue weighted by molar-refractivity contribution is -0.116. The Morgan fingerprint density at radius 3 is 3.00 bits per heavy atom. The molecule has 0 unspecified atom stereocenters. The highest BCUT2D eigenvalue weighted by Gasteiger charge is 2.04. The summed E-state index contributed by atoms with van der Waals surface area (Å²) in [6.45, 7) is 6.87. The van der Waals surface area contributed by atoms with Gasteiger partial charge in [0.1, 0.15) is 0 Å². The van der Waals surface area contributed by atoms with Crippen molar-refractivity contribution in [3.05, 3.63) is 41.4 Å². The molecule has 0 atom stereocenters. The SMILES string of the molecule is C=CCNCCC(=O)Nc1cc(Cl)ccc1C. The summed E-state index contributed by atoms with van der Waals surface area (Å²) >= 11 is 5.87. The van der Waals surface area contributed by atoms with Crippen molar-refractivity contribution in [3.8, 4) is 0 Å². The van der Waals surface area contributed by atoms with Crippen LogP contribution in [0, 0.1) is 6.92 Å². The zero-order valence-corrected chi connectivity index (χ0v) is 10.7. The fraction of sp³-hybridized carbons (Fsp3) is 0.308. The Morgan fingerprint density at radius 2 is 2.29 bits per heavy atom. The molecule has 0 saturated carbocycles. The molecule has 17 heavy (non-hydrogen) atoms. The Bertz CT molecular complexity index is 404. The van der Waals surface area contributed by atoms with Crippen molar-refractivity contribution in [2.45, 2.75) is 13.3 Å². The van der Waals surface area contributed by atoms with E-state index in [1.54, 1.807) is 18.2 Å². The van der Waals surface area contributed by atoms with Crippen molar-refractivity contribution in [1.29, 1.82) is 0 Å². The third-order valence-electron chi connectivity index (χ3n) is 2.29. The molecular formula is C13H17ClN2O. The smallest absolute Gasteiger partial charge is 0.225 e. The Balaban J connectivity index is 2.44. The summed E-state index contributed by atoms with van der Waals surface area (Å²) in [4.78, 5) is 11.6. The van der Waals surface area contributed by atoms with Gasteiger partial charge in [-0.25, -0.2) is 0 Å².